The summed E-state index contributed by atoms with van der Waals surface area (Å²) in [7, 11) is 0. The molecule has 4 rings (SSSR count). The van der Waals surface area contributed by atoms with Crippen LogP contribution in [-0.4, -0.2) is 75.9 Å². The van der Waals surface area contributed by atoms with E-state index in [-0.39, 0.29) is 31.7 Å². The molecule has 1 aromatic rings. The van der Waals surface area contributed by atoms with Gasteiger partial charge < -0.3 is 46.3 Å². The second kappa shape index (κ2) is 6.76. The smallest absolute Gasteiger partial charge is 0.404 e. The monoisotopic (exact) mass is 405 g/mol. The zero-order chi connectivity index (χ0) is 20.8. The summed E-state index contributed by atoms with van der Waals surface area (Å²) in [6, 6.07) is 7.70. The number of rotatable bonds is 5. The first-order chi connectivity index (χ1) is 13.8. The average molecular weight is 405 g/mol. The normalized spacial score (nSPS) is 31.9. The molecule has 1 spiro atoms. The number of ether oxygens (including phenoxy) is 2. The van der Waals surface area contributed by atoms with Gasteiger partial charge in [-0.25, -0.2) is 4.79 Å². The minimum atomic E-state index is -2.47. The van der Waals surface area contributed by atoms with Gasteiger partial charge in [-0.2, -0.15) is 0 Å². The van der Waals surface area contributed by atoms with Crippen LogP contribution in [0.25, 0.3) is 0 Å². The fourth-order valence-corrected chi connectivity index (χ4v) is 4.25. The fraction of sp³-hybridized carbons (Fsp3) is 0.471. The van der Waals surface area contributed by atoms with Gasteiger partial charge in [-0.3, -0.25) is 10.8 Å². The maximum Gasteiger partial charge on any atom is 0.404 e. The van der Waals surface area contributed by atoms with Crippen molar-refractivity contribution in [1.82, 2.24) is 20.9 Å². The van der Waals surface area contributed by atoms with Crippen molar-refractivity contribution >= 4 is 18.0 Å². The Labute approximate surface area is 166 Å². The molecule has 3 aliphatic rings. The van der Waals surface area contributed by atoms with E-state index in [4.69, 9.17) is 26.0 Å². The standard InChI is InChI=1S/C17H23N7O5/c18-13-22-12-10(8-29-15(20)25)21-14(19)24-6-11(17(26,27)16(12,24)23-13)28-7-9-4-2-1-3-5-9/h1-5,10-12,26-27H,6-8H2,(H2,19,21)(H2,20,25)(H3,18,22,23)/t10-,11?,12?,16?/m0/s1. The van der Waals surface area contributed by atoms with Crippen LogP contribution in [0.15, 0.2) is 30.3 Å². The van der Waals surface area contributed by atoms with Gasteiger partial charge in [-0.15, -0.1) is 0 Å². The highest BCUT2D eigenvalue weighted by atomic mass is 16.6. The van der Waals surface area contributed by atoms with Gasteiger partial charge in [0, 0.05) is 0 Å². The van der Waals surface area contributed by atoms with Gasteiger partial charge in [0.2, 0.25) is 5.79 Å². The number of nitrogens with one attached hydrogen (secondary N) is 5. The maximum atomic E-state index is 11.2. The molecule has 0 aromatic heterocycles. The zero-order valence-corrected chi connectivity index (χ0v) is 15.4. The average Bonchev–Trinajstić information content (AvgIpc) is 3.14. The second-order valence-corrected chi connectivity index (χ2v) is 7.24. The lowest BCUT2D eigenvalue weighted by molar-refractivity contribution is -0.269. The molecule has 0 bridgehead atoms. The van der Waals surface area contributed by atoms with Gasteiger partial charge in [0.05, 0.1) is 25.2 Å². The van der Waals surface area contributed by atoms with Gasteiger partial charge in [-0.1, -0.05) is 30.3 Å². The Bertz CT molecular complexity index is 835. The Morgan fingerprint density at radius 3 is 2.69 bits per heavy atom. The Hall–Kier alpha value is -3.09. The molecule has 12 heteroatoms. The van der Waals surface area contributed by atoms with E-state index >= 15 is 0 Å². The first-order valence-electron chi connectivity index (χ1n) is 9.04. The molecule has 3 aliphatic heterocycles. The first-order valence-corrected chi connectivity index (χ1v) is 9.04. The van der Waals surface area contributed by atoms with Crippen LogP contribution in [0.3, 0.4) is 0 Å². The van der Waals surface area contributed by atoms with Gasteiger partial charge in [0.15, 0.2) is 17.6 Å². The number of amides is 1. The van der Waals surface area contributed by atoms with Crippen LogP contribution in [0.2, 0.25) is 0 Å². The van der Waals surface area contributed by atoms with Crippen molar-refractivity contribution in [2.45, 2.75) is 36.2 Å². The molecule has 3 heterocycles. The molecule has 29 heavy (non-hydrogen) atoms. The lowest BCUT2D eigenvalue weighted by Crippen LogP contribution is -2.81. The molecule has 12 nitrogen and oxygen atoms in total. The molecule has 0 aliphatic carbocycles. The van der Waals surface area contributed by atoms with Gasteiger partial charge in [0.1, 0.15) is 12.7 Å². The van der Waals surface area contributed by atoms with Crippen LogP contribution in [0.5, 0.6) is 0 Å². The first kappa shape index (κ1) is 19.2. The number of carbonyl (C=O) groups is 1. The number of benzene rings is 1. The number of aliphatic hydroxyl groups is 2. The van der Waals surface area contributed by atoms with Crippen LogP contribution < -0.4 is 21.7 Å². The zero-order valence-electron chi connectivity index (χ0n) is 15.4. The van der Waals surface area contributed by atoms with E-state index < -0.39 is 35.7 Å². The van der Waals surface area contributed by atoms with Crippen molar-refractivity contribution in [3.63, 3.8) is 0 Å². The van der Waals surface area contributed by atoms with Crippen molar-refractivity contribution in [2.24, 2.45) is 5.73 Å². The van der Waals surface area contributed by atoms with E-state index in [2.05, 4.69) is 16.0 Å². The third kappa shape index (κ3) is 2.92. The van der Waals surface area contributed by atoms with E-state index in [1.165, 1.54) is 4.90 Å². The van der Waals surface area contributed by atoms with Crippen LogP contribution >= 0.6 is 0 Å². The molecule has 9 N–H and O–H groups in total. The van der Waals surface area contributed by atoms with Crippen molar-refractivity contribution in [3.05, 3.63) is 35.9 Å². The topological polar surface area (TPSA) is 189 Å². The summed E-state index contributed by atoms with van der Waals surface area (Å²) < 4.78 is 10.7. The van der Waals surface area contributed by atoms with Gasteiger partial charge in [0.25, 0.3) is 0 Å². The number of hydrogen-bond acceptors (Lipinski definition) is 7. The molecule has 1 aromatic carbocycles. The Kier molecular flexibility index (Phi) is 4.48. The number of nitrogens with zero attached hydrogens (tertiary/aromatic N) is 1. The van der Waals surface area contributed by atoms with Gasteiger partial charge in [-0.05, 0) is 5.56 Å². The summed E-state index contributed by atoms with van der Waals surface area (Å²) in [4.78, 5) is 12.4. The minimum absolute atomic E-state index is 0.00643. The molecule has 3 unspecified atom stereocenters. The highest BCUT2D eigenvalue weighted by Gasteiger charge is 2.74. The third-order valence-electron chi connectivity index (χ3n) is 5.54. The highest BCUT2D eigenvalue weighted by Crippen LogP contribution is 2.44. The van der Waals surface area contributed by atoms with Crippen LogP contribution in [0.1, 0.15) is 5.56 Å². The number of hydrogen-bond donors (Lipinski definition) is 8. The Balaban J connectivity index is 1.62. The summed E-state index contributed by atoms with van der Waals surface area (Å²) >= 11 is 0. The second-order valence-electron chi connectivity index (χ2n) is 7.24. The molecule has 0 radical (unpaired) electrons. The molecule has 156 valence electrons. The SMILES string of the molecule is N=C1NC2[C@H](COC(N)=O)NC(=N)N3CC(OCc4ccccc4)C(O)(O)C23N1. The summed E-state index contributed by atoms with van der Waals surface area (Å²) in [5, 5.41) is 47.1. The number of primary amides is 1. The summed E-state index contributed by atoms with van der Waals surface area (Å²) in [6.07, 6.45) is -2.08. The Morgan fingerprint density at radius 1 is 1.28 bits per heavy atom. The molecule has 4 atom stereocenters. The largest absolute Gasteiger partial charge is 0.447 e. The van der Waals surface area contributed by atoms with Crippen LogP contribution in [0, 0.1) is 10.8 Å². The van der Waals surface area contributed by atoms with Crippen molar-refractivity contribution < 1.29 is 24.5 Å². The van der Waals surface area contributed by atoms with E-state index in [0.717, 1.165) is 5.56 Å². The maximum absolute atomic E-state index is 11.2. The van der Waals surface area contributed by atoms with Gasteiger partial charge >= 0.3 is 6.09 Å². The van der Waals surface area contributed by atoms with Crippen LogP contribution in [-0.2, 0) is 16.1 Å². The molecule has 3 fully saturated rings. The molecular weight excluding hydrogens is 382 g/mol. The predicted molar refractivity (Wildman–Crippen MR) is 99.6 cm³/mol. The fourth-order valence-electron chi connectivity index (χ4n) is 4.25. The highest BCUT2D eigenvalue weighted by molar-refractivity contribution is 5.87. The van der Waals surface area contributed by atoms with Crippen molar-refractivity contribution in [1.29, 1.82) is 10.8 Å². The molecular formula is C17H23N7O5. The minimum Gasteiger partial charge on any atom is -0.447 e. The van der Waals surface area contributed by atoms with E-state index in [1.54, 1.807) is 0 Å². The van der Waals surface area contributed by atoms with E-state index in [9.17, 15) is 15.0 Å². The summed E-state index contributed by atoms with van der Waals surface area (Å²) in [6.45, 7) is -0.0953. The lowest BCUT2D eigenvalue weighted by Gasteiger charge is -2.50. The quantitative estimate of drug-likeness (QED) is 0.250. The van der Waals surface area contributed by atoms with Crippen molar-refractivity contribution in [2.75, 3.05) is 13.2 Å². The summed E-state index contributed by atoms with van der Waals surface area (Å²) in [5.41, 5.74) is 4.22. The van der Waals surface area contributed by atoms with Crippen molar-refractivity contribution in [3.8, 4) is 0 Å². The molecule has 0 saturated carbocycles. The number of guanidine groups is 2. The predicted octanol–water partition coefficient (Wildman–Crippen LogP) is -2.24. The van der Waals surface area contributed by atoms with E-state index in [1.807, 2.05) is 30.3 Å². The summed E-state index contributed by atoms with van der Waals surface area (Å²) in [5.74, 6) is -2.75. The Morgan fingerprint density at radius 2 is 2.00 bits per heavy atom. The molecule has 1 amide bonds. The third-order valence-corrected chi connectivity index (χ3v) is 5.54. The molecule has 3 saturated heterocycles. The number of carbonyl (C=O) groups excluding carboxylic acids is 1. The van der Waals surface area contributed by atoms with Crippen LogP contribution in [0.4, 0.5) is 4.79 Å². The number of nitrogens with two attached hydrogens (primary N) is 1. The van der Waals surface area contributed by atoms with E-state index in [0.29, 0.717) is 0 Å². The lowest BCUT2D eigenvalue weighted by atomic mass is 9.85.